The SMILES string of the molecule is COc1cc(C=C(C)C)ccc1C(=O)Cl. The van der Waals surface area contributed by atoms with Gasteiger partial charge in [0.25, 0.3) is 5.24 Å². The van der Waals surface area contributed by atoms with Gasteiger partial charge in [-0.2, -0.15) is 0 Å². The van der Waals surface area contributed by atoms with E-state index < -0.39 is 5.24 Å². The van der Waals surface area contributed by atoms with E-state index in [1.165, 1.54) is 12.7 Å². The summed E-state index contributed by atoms with van der Waals surface area (Å²) in [4.78, 5) is 11.0. The van der Waals surface area contributed by atoms with Crippen LogP contribution >= 0.6 is 11.6 Å². The third kappa shape index (κ3) is 3.10. The predicted molar refractivity (Wildman–Crippen MR) is 62.5 cm³/mol. The smallest absolute Gasteiger partial charge is 0.256 e. The van der Waals surface area contributed by atoms with Crippen molar-refractivity contribution in [2.75, 3.05) is 7.11 Å². The Hall–Kier alpha value is -1.28. The molecule has 0 saturated heterocycles. The van der Waals surface area contributed by atoms with Crippen LogP contribution in [0.4, 0.5) is 0 Å². The fraction of sp³-hybridized carbons (Fsp3) is 0.250. The van der Waals surface area contributed by atoms with E-state index in [1.807, 2.05) is 26.0 Å². The van der Waals surface area contributed by atoms with Gasteiger partial charge in [0.2, 0.25) is 0 Å². The lowest BCUT2D eigenvalue weighted by Crippen LogP contribution is -1.95. The molecule has 0 heterocycles. The second-order valence-electron chi connectivity index (χ2n) is 3.46. The quantitative estimate of drug-likeness (QED) is 0.735. The fourth-order valence-corrected chi connectivity index (χ4v) is 1.45. The van der Waals surface area contributed by atoms with Gasteiger partial charge in [0.15, 0.2) is 0 Å². The van der Waals surface area contributed by atoms with Gasteiger partial charge in [0.05, 0.1) is 12.7 Å². The lowest BCUT2D eigenvalue weighted by atomic mass is 10.1. The third-order valence-electron chi connectivity index (χ3n) is 1.89. The predicted octanol–water partition coefficient (Wildman–Crippen LogP) is 3.50. The molecule has 0 atom stereocenters. The number of hydrogen-bond acceptors (Lipinski definition) is 2. The zero-order valence-electron chi connectivity index (χ0n) is 9.00. The monoisotopic (exact) mass is 224 g/mol. The largest absolute Gasteiger partial charge is 0.496 e. The highest BCUT2D eigenvalue weighted by atomic mass is 35.5. The first-order valence-electron chi connectivity index (χ1n) is 4.57. The highest BCUT2D eigenvalue weighted by molar-refractivity contribution is 6.68. The minimum Gasteiger partial charge on any atom is -0.496 e. The Morgan fingerprint density at radius 2 is 2.07 bits per heavy atom. The van der Waals surface area contributed by atoms with Crippen LogP contribution in [0.2, 0.25) is 0 Å². The van der Waals surface area contributed by atoms with E-state index in [0.29, 0.717) is 11.3 Å². The summed E-state index contributed by atoms with van der Waals surface area (Å²) in [6, 6.07) is 5.30. The average Bonchev–Trinajstić information content (AvgIpc) is 2.16. The lowest BCUT2D eigenvalue weighted by Gasteiger charge is -2.05. The van der Waals surface area contributed by atoms with Crippen molar-refractivity contribution in [3.05, 3.63) is 34.9 Å². The van der Waals surface area contributed by atoms with Gasteiger partial charge >= 0.3 is 0 Å². The molecule has 0 amide bonds. The van der Waals surface area contributed by atoms with Crippen molar-refractivity contribution in [2.45, 2.75) is 13.8 Å². The van der Waals surface area contributed by atoms with Gasteiger partial charge in [0.1, 0.15) is 5.75 Å². The Balaban J connectivity index is 3.19. The molecule has 0 bridgehead atoms. The molecule has 15 heavy (non-hydrogen) atoms. The van der Waals surface area contributed by atoms with Gasteiger partial charge in [-0.15, -0.1) is 0 Å². The fourth-order valence-electron chi connectivity index (χ4n) is 1.29. The van der Waals surface area contributed by atoms with Gasteiger partial charge in [-0.3, -0.25) is 4.79 Å². The summed E-state index contributed by atoms with van der Waals surface area (Å²) in [5, 5.41) is -0.504. The van der Waals surface area contributed by atoms with Gasteiger partial charge in [-0.1, -0.05) is 17.7 Å². The van der Waals surface area contributed by atoms with E-state index in [9.17, 15) is 4.79 Å². The molecule has 3 heteroatoms. The topological polar surface area (TPSA) is 26.3 Å². The van der Waals surface area contributed by atoms with Crippen molar-refractivity contribution in [2.24, 2.45) is 0 Å². The van der Waals surface area contributed by atoms with E-state index in [2.05, 4.69) is 0 Å². The minimum atomic E-state index is -0.504. The Morgan fingerprint density at radius 3 is 2.53 bits per heavy atom. The standard InChI is InChI=1S/C12H13ClO2/c1-8(2)6-9-4-5-10(12(13)14)11(7-9)15-3/h4-7H,1-3H3. The molecule has 0 aliphatic heterocycles. The number of benzene rings is 1. The molecule has 1 aromatic carbocycles. The second-order valence-corrected chi connectivity index (χ2v) is 3.80. The first-order valence-corrected chi connectivity index (χ1v) is 4.95. The molecule has 0 aliphatic rings. The highest BCUT2D eigenvalue weighted by Crippen LogP contribution is 2.23. The molecule has 0 saturated carbocycles. The van der Waals surface area contributed by atoms with Gasteiger partial charge < -0.3 is 4.74 Å². The number of carbonyl (C=O) groups is 1. The van der Waals surface area contributed by atoms with Gasteiger partial charge in [-0.05, 0) is 43.1 Å². The van der Waals surface area contributed by atoms with Gasteiger partial charge in [0, 0.05) is 0 Å². The molecule has 0 aromatic heterocycles. The molecule has 0 fully saturated rings. The summed E-state index contributed by atoms with van der Waals surface area (Å²) in [5.41, 5.74) is 2.57. The number of carbonyl (C=O) groups excluding carboxylic acids is 1. The number of methoxy groups -OCH3 is 1. The van der Waals surface area contributed by atoms with Crippen LogP contribution < -0.4 is 4.74 Å². The molecule has 1 rings (SSSR count). The van der Waals surface area contributed by atoms with Crippen LogP contribution in [0.1, 0.15) is 29.8 Å². The number of halogens is 1. The summed E-state index contributed by atoms with van der Waals surface area (Å²) >= 11 is 5.41. The van der Waals surface area contributed by atoms with Crippen LogP contribution in [0.15, 0.2) is 23.8 Å². The van der Waals surface area contributed by atoms with Crippen molar-refractivity contribution in [1.29, 1.82) is 0 Å². The van der Waals surface area contributed by atoms with Crippen LogP contribution in [0, 0.1) is 0 Å². The maximum Gasteiger partial charge on any atom is 0.256 e. The molecule has 80 valence electrons. The molecule has 0 N–H and O–H groups in total. The van der Waals surface area contributed by atoms with Crippen molar-refractivity contribution in [3.63, 3.8) is 0 Å². The van der Waals surface area contributed by atoms with Crippen LogP contribution in [-0.4, -0.2) is 12.4 Å². The molecule has 2 nitrogen and oxygen atoms in total. The summed E-state index contributed by atoms with van der Waals surface area (Å²) in [6.07, 6.45) is 2.00. The first kappa shape index (κ1) is 11.8. The second kappa shape index (κ2) is 4.99. The Bertz CT molecular complexity index is 404. The summed E-state index contributed by atoms with van der Waals surface area (Å²) in [6.45, 7) is 4.01. The van der Waals surface area contributed by atoms with E-state index in [-0.39, 0.29) is 0 Å². The maximum atomic E-state index is 11.0. The van der Waals surface area contributed by atoms with Crippen molar-refractivity contribution < 1.29 is 9.53 Å². The minimum absolute atomic E-state index is 0.394. The van der Waals surface area contributed by atoms with Crippen LogP contribution in [-0.2, 0) is 0 Å². The zero-order chi connectivity index (χ0) is 11.4. The molecule has 0 aliphatic carbocycles. The van der Waals surface area contributed by atoms with E-state index >= 15 is 0 Å². The van der Waals surface area contributed by atoms with E-state index in [4.69, 9.17) is 16.3 Å². The van der Waals surface area contributed by atoms with Crippen molar-refractivity contribution in [1.82, 2.24) is 0 Å². The number of allylic oxidation sites excluding steroid dienone is 1. The number of ether oxygens (including phenoxy) is 1. The third-order valence-corrected chi connectivity index (χ3v) is 2.10. The Morgan fingerprint density at radius 1 is 1.40 bits per heavy atom. The Labute approximate surface area is 94.5 Å². The van der Waals surface area contributed by atoms with Gasteiger partial charge in [-0.25, -0.2) is 0 Å². The molecular formula is C12H13ClO2. The average molecular weight is 225 g/mol. The van der Waals surface area contributed by atoms with Crippen molar-refractivity contribution >= 4 is 22.9 Å². The molecule has 0 spiro atoms. The van der Waals surface area contributed by atoms with Crippen molar-refractivity contribution in [3.8, 4) is 5.75 Å². The van der Waals surface area contributed by atoms with E-state index in [1.54, 1.807) is 12.1 Å². The zero-order valence-corrected chi connectivity index (χ0v) is 9.76. The number of rotatable bonds is 3. The van der Waals surface area contributed by atoms with Crippen LogP contribution in [0.25, 0.3) is 6.08 Å². The summed E-state index contributed by atoms with van der Waals surface area (Å²) in [7, 11) is 1.52. The maximum absolute atomic E-state index is 11.0. The summed E-state index contributed by atoms with van der Waals surface area (Å²) < 4.78 is 5.09. The first-order chi connectivity index (χ1) is 7.04. The Kier molecular flexibility index (Phi) is 3.92. The van der Waals surface area contributed by atoms with E-state index in [0.717, 1.165) is 5.56 Å². The number of hydrogen-bond donors (Lipinski definition) is 0. The van der Waals surface area contributed by atoms with Crippen LogP contribution in [0.3, 0.4) is 0 Å². The molecule has 0 unspecified atom stereocenters. The normalized spacial score (nSPS) is 9.60. The molecular weight excluding hydrogens is 212 g/mol. The molecule has 0 radical (unpaired) electrons. The molecule has 1 aromatic rings. The van der Waals surface area contributed by atoms with Crippen LogP contribution in [0.5, 0.6) is 5.75 Å². The highest BCUT2D eigenvalue weighted by Gasteiger charge is 2.09. The lowest BCUT2D eigenvalue weighted by molar-refractivity contribution is 0.107. The summed E-state index contributed by atoms with van der Waals surface area (Å²) in [5.74, 6) is 0.505.